The summed E-state index contributed by atoms with van der Waals surface area (Å²) in [6, 6.07) is 8.37. The fraction of sp³-hybridized carbons (Fsp3) is 0.368. The molecule has 1 aromatic carbocycles. The minimum Gasteiger partial charge on any atom is -0.346 e. The lowest BCUT2D eigenvalue weighted by Crippen LogP contribution is -2.34. The predicted molar refractivity (Wildman–Crippen MR) is 98.1 cm³/mol. The Balaban J connectivity index is 1.87. The topological polar surface area (TPSA) is 63.9 Å². The number of aromatic nitrogens is 4. The number of nitrogens with zero attached hydrogens (tertiary/aromatic N) is 5. The summed E-state index contributed by atoms with van der Waals surface area (Å²) in [6.07, 6.45) is 0.621. The molecule has 0 radical (unpaired) electrons. The van der Waals surface area contributed by atoms with Gasteiger partial charge >= 0.3 is 0 Å². The van der Waals surface area contributed by atoms with E-state index in [0.29, 0.717) is 22.6 Å². The molecule has 3 aromatic rings. The Morgan fingerprint density at radius 2 is 2.04 bits per heavy atom. The Bertz CT molecular complexity index is 1040. The van der Waals surface area contributed by atoms with Crippen molar-refractivity contribution >= 4 is 16.7 Å². The molecule has 0 spiro atoms. The van der Waals surface area contributed by atoms with Crippen LogP contribution in [0.25, 0.3) is 10.9 Å². The second kappa shape index (κ2) is 7.02. The Morgan fingerprint density at radius 1 is 1.22 bits per heavy atom. The monoisotopic (exact) mass is 371 g/mol. The second-order valence-electron chi connectivity index (χ2n) is 6.61. The first-order valence-corrected chi connectivity index (χ1v) is 8.88. The molecule has 2 aromatic heterocycles. The molecule has 140 valence electrons. The van der Waals surface area contributed by atoms with Crippen molar-refractivity contribution in [1.29, 1.82) is 0 Å². The van der Waals surface area contributed by atoms with Gasteiger partial charge in [0.1, 0.15) is 17.5 Å². The summed E-state index contributed by atoms with van der Waals surface area (Å²) >= 11 is 0. The van der Waals surface area contributed by atoms with Crippen LogP contribution < -0.4 is 10.5 Å². The molecular formula is C19H19F2N5O. The van der Waals surface area contributed by atoms with Crippen LogP contribution in [0.3, 0.4) is 0 Å². The number of anilines is 1. The fourth-order valence-electron chi connectivity index (χ4n) is 3.67. The van der Waals surface area contributed by atoms with Gasteiger partial charge in [0.05, 0.1) is 23.5 Å². The number of hydrogen-bond donors (Lipinski definition) is 0. The molecule has 0 saturated carbocycles. The third-order valence-corrected chi connectivity index (χ3v) is 4.82. The number of para-hydroxylation sites is 1. The number of alkyl halides is 2. The van der Waals surface area contributed by atoms with Crippen LogP contribution in [0.2, 0.25) is 0 Å². The van der Waals surface area contributed by atoms with Gasteiger partial charge < -0.3 is 4.90 Å². The maximum absolute atomic E-state index is 13.2. The van der Waals surface area contributed by atoms with Crippen LogP contribution in [0, 0.1) is 6.92 Å². The Kier molecular flexibility index (Phi) is 4.55. The first kappa shape index (κ1) is 17.5. The van der Waals surface area contributed by atoms with Crippen LogP contribution in [0.4, 0.5) is 14.6 Å². The SMILES string of the molecule is Cc1nccc(N2CCCC2c2nc3ccccc3c(=O)n2CC(F)F)n1. The molecule has 1 saturated heterocycles. The van der Waals surface area contributed by atoms with Crippen LogP contribution in [0.5, 0.6) is 0 Å². The molecule has 1 unspecified atom stereocenters. The summed E-state index contributed by atoms with van der Waals surface area (Å²) < 4.78 is 27.6. The van der Waals surface area contributed by atoms with E-state index >= 15 is 0 Å². The van der Waals surface area contributed by atoms with Gasteiger partial charge in [0, 0.05) is 12.7 Å². The van der Waals surface area contributed by atoms with Gasteiger partial charge in [-0.05, 0) is 38.0 Å². The average molecular weight is 371 g/mol. The molecule has 0 bridgehead atoms. The lowest BCUT2D eigenvalue weighted by atomic mass is 10.1. The summed E-state index contributed by atoms with van der Waals surface area (Å²) in [5.41, 5.74) is 0.0929. The van der Waals surface area contributed by atoms with E-state index in [9.17, 15) is 13.6 Å². The van der Waals surface area contributed by atoms with E-state index in [2.05, 4.69) is 15.0 Å². The van der Waals surface area contributed by atoms with Crippen molar-refractivity contribution in [1.82, 2.24) is 19.5 Å². The standard InChI is InChI=1S/C19H19F2N5O/c1-12-22-9-8-17(23-12)25-10-4-7-15(25)18-24-14-6-3-2-5-13(14)19(27)26(18)11-16(20)21/h2-3,5-6,8-9,15-16H,4,7,10-11H2,1H3. The molecule has 3 heterocycles. The summed E-state index contributed by atoms with van der Waals surface area (Å²) in [6.45, 7) is 1.85. The number of benzene rings is 1. The Morgan fingerprint density at radius 3 is 2.81 bits per heavy atom. The number of halogens is 2. The molecule has 6 nitrogen and oxygen atoms in total. The van der Waals surface area contributed by atoms with E-state index in [1.807, 2.05) is 4.90 Å². The summed E-state index contributed by atoms with van der Waals surface area (Å²) in [5.74, 6) is 1.72. The number of rotatable bonds is 4. The van der Waals surface area contributed by atoms with Crippen molar-refractivity contribution < 1.29 is 8.78 Å². The van der Waals surface area contributed by atoms with Gasteiger partial charge in [-0.3, -0.25) is 9.36 Å². The van der Waals surface area contributed by atoms with Crippen molar-refractivity contribution in [3.63, 3.8) is 0 Å². The van der Waals surface area contributed by atoms with Gasteiger partial charge in [0.25, 0.3) is 12.0 Å². The highest BCUT2D eigenvalue weighted by molar-refractivity contribution is 5.77. The molecule has 0 N–H and O–H groups in total. The Labute approximate surface area is 154 Å². The van der Waals surface area contributed by atoms with Crippen LogP contribution in [-0.4, -0.2) is 32.5 Å². The largest absolute Gasteiger partial charge is 0.346 e. The fourth-order valence-corrected chi connectivity index (χ4v) is 3.67. The maximum atomic E-state index is 13.2. The highest BCUT2D eigenvalue weighted by Gasteiger charge is 2.32. The van der Waals surface area contributed by atoms with E-state index in [1.165, 1.54) is 0 Å². The number of hydrogen-bond acceptors (Lipinski definition) is 5. The third-order valence-electron chi connectivity index (χ3n) is 4.82. The minimum atomic E-state index is -2.64. The zero-order valence-corrected chi connectivity index (χ0v) is 14.8. The lowest BCUT2D eigenvalue weighted by Gasteiger charge is -2.27. The average Bonchev–Trinajstić information content (AvgIpc) is 3.13. The molecule has 1 atom stereocenters. The first-order chi connectivity index (χ1) is 13.0. The van der Waals surface area contributed by atoms with E-state index < -0.39 is 18.5 Å². The van der Waals surface area contributed by atoms with Crippen molar-refractivity contribution in [3.05, 3.63) is 58.5 Å². The molecule has 27 heavy (non-hydrogen) atoms. The molecule has 1 aliphatic rings. The predicted octanol–water partition coefficient (Wildman–Crippen LogP) is 3.10. The molecule has 1 fully saturated rings. The molecule has 0 aliphatic carbocycles. The van der Waals surface area contributed by atoms with Crippen molar-refractivity contribution in [3.8, 4) is 0 Å². The van der Waals surface area contributed by atoms with Gasteiger partial charge in [-0.1, -0.05) is 12.1 Å². The maximum Gasteiger partial charge on any atom is 0.261 e. The van der Waals surface area contributed by atoms with Gasteiger partial charge in [0.15, 0.2) is 0 Å². The molecule has 4 rings (SSSR count). The van der Waals surface area contributed by atoms with Gasteiger partial charge in [0.2, 0.25) is 0 Å². The quantitative estimate of drug-likeness (QED) is 0.705. The minimum absolute atomic E-state index is 0.282. The lowest BCUT2D eigenvalue weighted by molar-refractivity contribution is 0.123. The van der Waals surface area contributed by atoms with E-state index in [1.54, 1.807) is 43.5 Å². The van der Waals surface area contributed by atoms with Crippen LogP contribution in [0.15, 0.2) is 41.3 Å². The summed E-state index contributed by atoms with van der Waals surface area (Å²) in [5, 5.41) is 0.351. The highest BCUT2D eigenvalue weighted by atomic mass is 19.3. The van der Waals surface area contributed by atoms with E-state index in [-0.39, 0.29) is 6.04 Å². The molecule has 0 amide bonds. The zero-order valence-electron chi connectivity index (χ0n) is 14.8. The van der Waals surface area contributed by atoms with Crippen molar-refractivity contribution in [2.24, 2.45) is 0 Å². The summed E-state index contributed by atoms with van der Waals surface area (Å²) in [7, 11) is 0. The van der Waals surface area contributed by atoms with Crippen LogP contribution >= 0.6 is 0 Å². The van der Waals surface area contributed by atoms with E-state index in [0.717, 1.165) is 29.8 Å². The van der Waals surface area contributed by atoms with Gasteiger partial charge in [-0.2, -0.15) is 0 Å². The smallest absolute Gasteiger partial charge is 0.261 e. The van der Waals surface area contributed by atoms with Crippen LogP contribution in [0.1, 0.15) is 30.5 Å². The molecular weight excluding hydrogens is 352 g/mol. The first-order valence-electron chi connectivity index (χ1n) is 8.88. The van der Waals surface area contributed by atoms with E-state index in [4.69, 9.17) is 0 Å². The Hall–Kier alpha value is -2.90. The van der Waals surface area contributed by atoms with Gasteiger partial charge in [-0.25, -0.2) is 23.7 Å². The number of aryl methyl sites for hydroxylation is 1. The molecule has 8 heteroatoms. The molecule has 1 aliphatic heterocycles. The summed E-state index contributed by atoms with van der Waals surface area (Å²) in [4.78, 5) is 28.1. The van der Waals surface area contributed by atoms with Crippen molar-refractivity contribution in [2.75, 3.05) is 11.4 Å². The third kappa shape index (κ3) is 3.27. The highest BCUT2D eigenvalue weighted by Crippen LogP contribution is 2.34. The number of fused-ring (bicyclic) bond motifs is 1. The second-order valence-corrected chi connectivity index (χ2v) is 6.61. The van der Waals surface area contributed by atoms with Gasteiger partial charge in [-0.15, -0.1) is 0 Å². The normalized spacial score (nSPS) is 17.2. The van der Waals surface area contributed by atoms with Crippen LogP contribution in [-0.2, 0) is 6.54 Å². The zero-order chi connectivity index (χ0) is 19.0. The van der Waals surface area contributed by atoms with Crippen molar-refractivity contribution in [2.45, 2.75) is 38.8 Å².